The van der Waals surface area contributed by atoms with E-state index in [9.17, 15) is 9.59 Å². The Morgan fingerprint density at radius 1 is 1.24 bits per heavy atom. The molecule has 0 heterocycles. The normalized spacial score (nSPS) is 32.1. The number of rotatable bonds is 3. The van der Waals surface area contributed by atoms with Gasteiger partial charge in [0, 0.05) is 22.9 Å². The van der Waals surface area contributed by atoms with Crippen LogP contribution >= 0.6 is 0 Å². The van der Waals surface area contributed by atoms with Crippen LogP contribution in [0.25, 0.3) is 0 Å². The Morgan fingerprint density at radius 2 is 1.86 bits per heavy atom. The summed E-state index contributed by atoms with van der Waals surface area (Å²) < 4.78 is 5.59. The number of amides is 1. The second-order valence-electron chi connectivity index (χ2n) is 7.42. The lowest BCUT2D eigenvalue weighted by atomic mass is 9.78. The number of carbonyl (C=O) groups is 2. The van der Waals surface area contributed by atoms with Gasteiger partial charge in [-0.05, 0) is 32.1 Å². The fraction of sp³-hybridized carbons (Fsp3) is 0.765. The van der Waals surface area contributed by atoms with Gasteiger partial charge in [0.15, 0.2) is 0 Å². The summed E-state index contributed by atoms with van der Waals surface area (Å²) in [6.07, 6.45) is 7.19. The minimum atomic E-state index is -0.393. The van der Waals surface area contributed by atoms with E-state index in [-0.39, 0.29) is 29.4 Å². The number of carbonyl (C=O) groups excluding carboxylic acids is 2. The Hall–Kier alpha value is -1.32. The summed E-state index contributed by atoms with van der Waals surface area (Å²) in [5.41, 5.74) is -0.463. The highest BCUT2D eigenvalue weighted by molar-refractivity contribution is 5.82. The van der Waals surface area contributed by atoms with Crippen molar-refractivity contribution in [2.45, 2.75) is 71.4 Å². The Balaban J connectivity index is 2.13. The van der Waals surface area contributed by atoms with Crippen LogP contribution in [-0.4, -0.2) is 24.0 Å². The molecule has 0 aromatic heterocycles. The Labute approximate surface area is 127 Å². The summed E-state index contributed by atoms with van der Waals surface area (Å²) in [6, 6.07) is 0.120. The predicted octanol–water partition coefficient (Wildman–Crippen LogP) is 2.97. The minimum absolute atomic E-state index is 0.0699. The van der Waals surface area contributed by atoms with Crippen LogP contribution in [0.4, 0.5) is 0 Å². The number of nitrogens with one attached hydrogen (secondary N) is 1. The third-order valence-corrected chi connectivity index (χ3v) is 4.99. The number of hydrogen-bond acceptors (Lipinski definition) is 3. The van der Waals surface area contributed by atoms with E-state index >= 15 is 0 Å². The number of ether oxygens (including phenoxy) is 1. The molecule has 3 atom stereocenters. The monoisotopic (exact) mass is 293 g/mol. The molecule has 4 heteroatoms. The van der Waals surface area contributed by atoms with Gasteiger partial charge in [-0.15, -0.1) is 0 Å². The van der Waals surface area contributed by atoms with Gasteiger partial charge in [-0.25, -0.2) is 4.79 Å². The third kappa shape index (κ3) is 3.14. The Morgan fingerprint density at radius 3 is 2.43 bits per heavy atom. The highest BCUT2D eigenvalue weighted by Crippen LogP contribution is 2.52. The van der Waals surface area contributed by atoms with Gasteiger partial charge in [-0.3, -0.25) is 4.79 Å². The van der Waals surface area contributed by atoms with Crippen LogP contribution in [0.5, 0.6) is 0 Å². The van der Waals surface area contributed by atoms with Crippen molar-refractivity contribution in [1.29, 1.82) is 0 Å². The molecule has 2 saturated carbocycles. The van der Waals surface area contributed by atoms with Crippen LogP contribution < -0.4 is 5.32 Å². The molecule has 0 aliphatic heterocycles. The molecule has 2 rings (SSSR count). The lowest BCUT2D eigenvalue weighted by Crippen LogP contribution is -2.51. The van der Waals surface area contributed by atoms with Gasteiger partial charge in [-0.1, -0.05) is 33.8 Å². The fourth-order valence-corrected chi connectivity index (χ4v) is 3.80. The van der Waals surface area contributed by atoms with Crippen molar-refractivity contribution in [2.75, 3.05) is 0 Å². The summed E-state index contributed by atoms with van der Waals surface area (Å²) in [6.45, 7) is 9.25. The van der Waals surface area contributed by atoms with Crippen LogP contribution in [0.15, 0.2) is 12.7 Å². The van der Waals surface area contributed by atoms with E-state index in [1.54, 1.807) is 0 Å². The molecule has 0 bridgehead atoms. The van der Waals surface area contributed by atoms with Crippen molar-refractivity contribution in [3.05, 3.63) is 12.7 Å². The third-order valence-electron chi connectivity index (χ3n) is 4.99. The first-order chi connectivity index (χ1) is 9.79. The first-order valence-electron chi connectivity index (χ1n) is 7.93. The highest BCUT2D eigenvalue weighted by atomic mass is 16.5. The van der Waals surface area contributed by atoms with Gasteiger partial charge in [0.25, 0.3) is 0 Å². The van der Waals surface area contributed by atoms with E-state index in [1.165, 1.54) is 6.08 Å². The smallest absolute Gasteiger partial charge is 0.330 e. The van der Waals surface area contributed by atoms with Crippen molar-refractivity contribution >= 4 is 11.9 Å². The molecular weight excluding hydrogens is 266 g/mol. The average Bonchev–Trinajstić information content (AvgIpc) is 2.98. The molecule has 0 aromatic rings. The maximum atomic E-state index is 12.3. The maximum Gasteiger partial charge on any atom is 0.330 e. The summed E-state index contributed by atoms with van der Waals surface area (Å²) >= 11 is 0. The summed E-state index contributed by atoms with van der Waals surface area (Å²) in [4.78, 5) is 23.9. The topological polar surface area (TPSA) is 55.4 Å². The molecule has 2 aliphatic rings. The summed E-state index contributed by atoms with van der Waals surface area (Å²) in [5, 5.41) is 3.22. The van der Waals surface area contributed by atoms with Crippen LogP contribution in [0.1, 0.15) is 59.3 Å². The molecule has 2 fully saturated rings. The van der Waals surface area contributed by atoms with Crippen LogP contribution in [0.2, 0.25) is 0 Å². The Bertz CT molecular complexity index is 434. The molecular formula is C17H27NO3. The molecule has 2 aliphatic carbocycles. The largest absolute Gasteiger partial charge is 0.459 e. The molecule has 0 saturated heterocycles. The van der Waals surface area contributed by atoms with Gasteiger partial charge >= 0.3 is 5.97 Å². The fourth-order valence-electron chi connectivity index (χ4n) is 3.80. The van der Waals surface area contributed by atoms with Crippen molar-refractivity contribution in [3.63, 3.8) is 0 Å². The second-order valence-corrected chi connectivity index (χ2v) is 7.42. The zero-order chi connectivity index (χ0) is 15.7. The van der Waals surface area contributed by atoms with Crippen LogP contribution in [-0.2, 0) is 14.3 Å². The highest BCUT2D eigenvalue weighted by Gasteiger charge is 2.53. The van der Waals surface area contributed by atoms with Crippen LogP contribution in [0.3, 0.4) is 0 Å². The van der Waals surface area contributed by atoms with E-state index < -0.39 is 5.41 Å². The Kier molecular flexibility index (Phi) is 4.45. The van der Waals surface area contributed by atoms with E-state index in [4.69, 9.17) is 4.74 Å². The van der Waals surface area contributed by atoms with E-state index in [1.807, 2.05) is 20.8 Å². The van der Waals surface area contributed by atoms with Gasteiger partial charge < -0.3 is 10.1 Å². The van der Waals surface area contributed by atoms with Crippen molar-refractivity contribution < 1.29 is 14.3 Å². The van der Waals surface area contributed by atoms with E-state index in [0.717, 1.165) is 38.5 Å². The maximum absolute atomic E-state index is 12.3. The molecule has 0 radical (unpaired) electrons. The predicted molar refractivity (Wildman–Crippen MR) is 81.6 cm³/mol. The quantitative estimate of drug-likeness (QED) is 0.643. The standard InChI is InChI=1S/C17H27NO3/c1-5-14(19)21-13-9-7-11-17(13)10-6-8-12(17)18-15(20)16(2,3)4/h5,12-13H,1,6-11H2,2-4H3,(H,18,20)/t12-,13+,17-/m0/s1. The van der Waals surface area contributed by atoms with Gasteiger partial charge in [-0.2, -0.15) is 0 Å². The van der Waals surface area contributed by atoms with Crippen LogP contribution in [0, 0.1) is 10.8 Å². The molecule has 1 spiro atoms. The van der Waals surface area contributed by atoms with E-state index in [2.05, 4.69) is 11.9 Å². The number of hydrogen-bond donors (Lipinski definition) is 1. The zero-order valence-corrected chi connectivity index (χ0v) is 13.4. The number of esters is 1. The first-order valence-corrected chi connectivity index (χ1v) is 7.93. The lowest BCUT2D eigenvalue weighted by molar-refractivity contribution is -0.149. The van der Waals surface area contributed by atoms with Crippen molar-refractivity contribution in [3.8, 4) is 0 Å². The van der Waals surface area contributed by atoms with Gasteiger partial charge in [0.2, 0.25) is 5.91 Å². The first kappa shape index (κ1) is 16.1. The average molecular weight is 293 g/mol. The lowest BCUT2D eigenvalue weighted by Gasteiger charge is -2.38. The molecule has 0 unspecified atom stereocenters. The molecule has 4 nitrogen and oxygen atoms in total. The van der Waals surface area contributed by atoms with Gasteiger partial charge in [0.05, 0.1) is 0 Å². The van der Waals surface area contributed by atoms with Crippen molar-refractivity contribution in [2.24, 2.45) is 10.8 Å². The minimum Gasteiger partial charge on any atom is -0.459 e. The summed E-state index contributed by atoms with van der Waals surface area (Å²) in [7, 11) is 0. The molecule has 118 valence electrons. The molecule has 21 heavy (non-hydrogen) atoms. The summed E-state index contributed by atoms with van der Waals surface area (Å²) in [5.74, 6) is -0.274. The zero-order valence-electron chi connectivity index (χ0n) is 13.4. The molecule has 1 N–H and O–H groups in total. The van der Waals surface area contributed by atoms with Crippen molar-refractivity contribution in [1.82, 2.24) is 5.32 Å². The molecule has 1 amide bonds. The molecule has 0 aromatic carbocycles. The van der Waals surface area contributed by atoms with E-state index in [0.29, 0.717) is 0 Å². The SMILES string of the molecule is C=CC(=O)O[C@@H]1CCC[C@]12CCC[C@@H]2NC(=O)C(C)(C)C. The second kappa shape index (κ2) is 5.82. The van der Waals surface area contributed by atoms with Gasteiger partial charge in [0.1, 0.15) is 6.10 Å².